The largest absolute Gasteiger partial charge is 0.307 e. The maximum atomic E-state index is 13.4. The number of nitrogens with zero attached hydrogens (tertiary/aromatic N) is 6. The molecule has 3 aliphatic rings. The minimum absolute atomic E-state index is 0.0249. The molecule has 1 fully saturated rings. The zero-order chi connectivity index (χ0) is 22.0. The van der Waals surface area contributed by atoms with Crippen molar-refractivity contribution < 1.29 is 13.2 Å². The third kappa shape index (κ3) is 3.19. The Morgan fingerprint density at radius 3 is 2.77 bits per heavy atom. The van der Waals surface area contributed by atoms with E-state index in [9.17, 15) is 13.2 Å². The molecular formula is C20H21N7O3S. The second-order valence-corrected chi connectivity index (χ2v) is 9.88. The second-order valence-electron chi connectivity index (χ2n) is 8.20. The molecule has 5 rings (SSSR count). The van der Waals surface area contributed by atoms with Gasteiger partial charge in [-0.25, -0.2) is 15.0 Å². The van der Waals surface area contributed by atoms with Crippen LogP contribution in [0.3, 0.4) is 0 Å². The number of hydrogen-bond donors (Lipinski definition) is 1. The summed E-state index contributed by atoms with van der Waals surface area (Å²) in [6.45, 7) is 10.1. The Labute approximate surface area is 180 Å². The van der Waals surface area contributed by atoms with E-state index in [4.69, 9.17) is 6.57 Å². The van der Waals surface area contributed by atoms with E-state index in [1.54, 1.807) is 28.9 Å². The topological polar surface area (TPSA) is 104 Å². The highest BCUT2D eigenvalue weighted by atomic mass is 32.2. The van der Waals surface area contributed by atoms with Crippen LogP contribution in [0.15, 0.2) is 40.5 Å². The summed E-state index contributed by atoms with van der Waals surface area (Å²) in [5.41, 5.74) is 0.738. The van der Waals surface area contributed by atoms with Crippen molar-refractivity contribution in [1.82, 2.24) is 19.4 Å². The smallest absolute Gasteiger partial charge is 0.299 e. The number of benzene rings is 1. The number of carbonyl (C=O) groups excluding carboxylic acids is 1. The fourth-order valence-electron chi connectivity index (χ4n) is 3.97. The second kappa shape index (κ2) is 6.63. The van der Waals surface area contributed by atoms with Gasteiger partial charge in [-0.3, -0.25) is 24.2 Å². The summed E-state index contributed by atoms with van der Waals surface area (Å²) in [5, 5.41) is 4.16. The van der Waals surface area contributed by atoms with Gasteiger partial charge in [0.05, 0.1) is 54.3 Å². The normalized spacial score (nSPS) is 21.4. The van der Waals surface area contributed by atoms with Gasteiger partial charge >= 0.3 is 0 Å². The number of guanidine groups is 1. The van der Waals surface area contributed by atoms with E-state index in [-0.39, 0.29) is 23.4 Å². The number of amides is 1. The monoisotopic (exact) mass is 439 g/mol. The molecule has 1 saturated carbocycles. The third-order valence-electron chi connectivity index (χ3n) is 5.77. The Morgan fingerprint density at radius 2 is 2.13 bits per heavy atom. The van der Waals surface area contributed by atoms with E-state index in [2.05, 4.69) is 19.7 Å². The van der Waals surface area contributed by atoms with Gasteiger partial charge in [0, 0.05) is 18.8 Å². The Morgan fingerprint density at radius 1 is 1.35 bits per heavy atom. The Bertz CT molecular complexity index is 1270. The summed E-state index contributed by atoms with van der Waals surface area (Å²) in [6, 6.07) is 4.57. The summed E-state index contributed by atoms with van der Waals surface area (Å²) in [4.78, 5) is 24.9. The van der Waals surface area contributed by atoms with Crippen molar-refractivity contribution in [2.24, 2.45) is 12.0 Å². The quantitative estimate of drug-likeness (QED) is 0.708. The van der Waals surface area contributed by atoms with Gasteiger partial charge in [0.1, 0.15) is 0 Å². The molecule has 3 heterocycles. The van der Waals surface area contributed by atoms with E-state index < -0.39 is 15.7 Å². The molecule has 0 spiro atoms. The highest BCUT2D eigenvalue weighted by Crippen LogP contribution is 2.39. The lowest BCUT2D eigenvalue weighted by molar-refractivity contribution is 0.0833. The van der Waals surface area contributed by atoms with Crippen molar-refractivity contribution >= 4 is 27.6 Å². The van der Waals surface area contributed by atoms with Crippen LogP contribution in [-0.4, -0.2) is 53.2 Å². The molecule has 1 aromatic heterocycles. The van der Waals surface area contributed by atoms with Crippen molar-refractivity contribution in [3.63, 3.8) is 0 Å². The van der Waals surface area contributed by atoms with E-state index >= 15 is 0 Å². The molecule has 1 aromatic carbocycles. The van der Waals surface area contributed by atoms with Gasteiger partial charge in [-0.15, -0.1) is 4.72 Å². The van der Waals surface area contributed by atoms with Crippen molar-refractivity contribution in [2.75, 3.05) is 11.4 Å². The van der Waals surface area contributed by atoms with Gasteiger partial charge in [-0.05, 0) is 25.1 Å². The number of aliphatic imine (C=N–C) groups is 1. The lowest BCUT2D eigenvalue weighted by Crippen LogP contribution is -2.52. The van der Waals surface area contributed by atoms with Crippen molar-refractivity contribution in [3.05, 3.63) is 53.1 Å². The standard InChI is InChI=1S/C20H21N7O3S/c1-13-9-22-19-26(12-14-10-23-25(3)11-14)18(28)16-8-15(4-5-17(16)27(13)19)31(29,30)24-20(21-2)6-7-20/h4-5,8,10-11,13,24H,6-7,9,12H2,1,3H3/t13-/m1/s1. The number of aromatic nitrogens is 2. The molecule has 160 valence electrons. The first kappa shape index (κ1) is 19.7. The molecule has 0 unspecified atom stereocenters. The molecular weight excluding hydrogens is 418 g/mol. The van der Waals surface area contributed by atoms with Crippen LogP contribution < -0.4 is 9.62 Å². The average molecular weight is 440 g/mol. The molecule has 1 atom stereocenters. The molecule has 0 bridgehead atoms. The summed E-state index contributed by atoms with van der Waals surface area (Å²) in [7, 11) is -2.13. The van der Waals surface area contributed by atoms with E-state index in [0.717, 1.165) is 5.56 Å². The minimum atomic E-state index is -3.93. The van der Waals surface area contributed by atoms with Crippen LogP contribution in [-0.2, 0) is 23.6 Å². The van der Waals surface area contributed by atoms with Crippen LogP contribution in [0.1, 0.15) is 35.7 Å². The van der Waals surface area contributed by atoms with Gasteiger partial charge < -0.3 is 4.90 Å². The number of aryl methyl sites for hydroxylation is 1. The van der Waals surface area contributed by atoms with Crippen LogP contribution in [0.25, 0.3) is 4.85 Å². The molecule has 0 saturated heterocycles. The van der Waals surface area contributed by atoms with E-state index in [0.29, 0.717) is 36.6 Å². The van der Waals surface area contributed by atoms with Crippen molar-refractivity contribution in [3.8, 4) is 0 Å². The number of rotatable bonds is 5. The molecule has 10 nitrogen and oxygen atoms in total. The maximum Gasteiger partial charge on any atom is 0.299 e. The molecule has 1 aliphatic carbocycles. The first-order valence-corrected chi connectivity index (χ1v) is 11.4. The van der Waals surface area contributed by atoms with E-state index in [1.165, 1.54) is 12.1 Å². The first-order chi connectivity index (χ1) is 14.7. The average Bonchev–Trinajstić information content (AvgIpc) is 3.20. The SMILES string of the molecule is [C-]#[N+]C1(NS(=O)(=O)c2ccc3c(c2)C(=O)N(Cc2cnn(C)c2)C2=NC[C@@H](C)N23)CC1. The summed E-state index contributed by atoms with van der Waals surface area (Å²) >= 11 is 0. The van der Waals surface area contributed by atoms with Crippen LogP contribution >= 0.6 is 0 Å². The van der Waals surface area contributed by atoms with Gasteiger partial charge in [0.25, 0.3) is 11.6 Å². The first-order valence-electron chi connectivity index (χ1n) is 9.93. The number of anilines is 1. The summed E-state index contributed by atoms with van der Waals surface area (Å²) in [5.74, 6) is 0.249. The van der Waals surface area contributed by atoms with Crippen LogP contribution in [0.4, 0.5) is 5.69 Å². The van der Waals surface area contributed by atoms with Crippen LogP contribution in [0, 0.1) is 6.57 Å². The predicted molar refractivity (Wildman–Crippen MR) is 113 cm³/mol. The lowest BCUT2D eigenvalue weighted by Gasteiger charge is -2.37. The zero-order valence-corrected chi connectivity index (χ0v) is 17.9. The minimum Gasteiger partial charge on any atom is -0.307 e. The number of sulfonamides is 1. The fourth-order valence-corrected chi connectivity index (χ4v) is 5.36. The van der Waals surface area contributed by atoms with Gasteiger partial charge in [-0.1, -0.05) is 0 Å². The van der Waals surface area contributed by atoms with Gasteiger partial charge in [0.15, 0.2) is 0 Å². The summed E-state index contributed by atoms with van der Waals surface area (Å²) in [6.07, 6.45) is 4.50. The predicted octanol–water partition coefficient (Wildman–Crippen LogP) is 1.33. The maximum absolute atomic E-state index is 13.4. The highest BCUT2D eigenvalue weighted by Gasteiger charge is 2.54. The fraction of sp³-hybridized carbons (Fsp3) is 0.400. The van der Waals surface area contributed by atoms with Crippen molar-refractivity contribution in [1.29, 1.82) is 0 Å². The third-order valence-corrected chi connectivity index (χ3v) is 7.29. The molecule has 11 heteroatoms. The molecule has 31 heavy (non-hydrogen) atoms. The Kier molecular flexibility index (Phi) is 4.22. The van der Waals surface area contributed by atoms with E-state index in [1.807, 2.05) is 18.0 Å². The molecule has 1 N–H and O–H groups in total. The lowest BCUT2D eigenvalue weighted by atomic mass is 10.1. The molecule has 2 aliphatic heterocycles. The van der Waals surface area contributed by atoms with Crippen molar-refractivity contribution in [2.45, 2.75) is 42.9 Å². The van der Waals surface area contributed by atoms with Crippen LogP contribution in [0.2, 0.25) is 0 Å². The molecule has 1 amide bonds. The number of nitrogens with one attached hydrogen (secondary N) is 1. The molecule has 0 radical (unpaired) electrons. The van der Waals surface area contributed by atoms with Gasteiger partial charge in [-0.2, -0.15) is 5.10 Å². The zero-order valence-electron chi connectivity index (χ0n) is 17.1. The number of hydrogen-bond acceptors (Lipinski definition) is 6. The summed E-state index contributed by atoms with van der Waals surface area (Å²) < 4.78 is 29.9. The number of carbonyl (C=O) groups is 1. The Hall–Kier alpha value is -3.23. The van der Waals surface area contributed by atoms with Gasteiger partial charge in [0.2, 0.25) is 16.0 Å². The molecule has 2 aromatic rings. The number of fused-ring (bicyclic) bond motifs is 3. The van der Waals surface area contributed by atoms with Crippen LogP contribution in [0.5, 0.6) is 0 Å². The highest BCUT2D eigenvalue weighted by molar-refractivity contribution is 7.89. The Balaban J connectivity index is 1.55.